The van der Waals surface area contributed by atoms with Crippen LogP contribution in [0.2, 0.25) is 50.2 Å². The molecule has 0 radical (unpaired) electrons. The Morgan fingerprint density at radius 1 is 0.308 bits per heavy atom. The molecule has 0 fully saturated rings. The van der Waals surface area contributed by atoms with Crippen molar-refractivity contribution in [3.63, 3.8) is 0 Å². The Balaban J connectivity index is 0. The monoisotopic (exact) mass is 652 g/mol. The molecule has 26 heavy (non-hydrogen) atoms. The maximum Gasteiger partial charge on any atom is 1.00 e. The maximum absolute atomic E-state index is 11.1. The molecule has 0 N–H and O–H groups in total. The van der Waals surface area contributed by atoms with Crippen LogP contribution in [0.3, 0.4) is 0 Å². The molecule has 0 saturated heterocycles. The van der Waals surface area contributed by atoms with Crippen LogP contribution in [0.15, 0.2) is 0 Å². The molecule has 2 aromatic carbocycles. The molecule has 14 heteroatoms. The zero-order valence-electron chi connectivity index (χ0n) is 11.2. The minimum atomic E-state index is -0.613. The molecular formula is C12Cl10Cu2O2. The molecule has 0 amide bonds. The molecule has 152 valence electrons. The number of rotatable bonds is 0. The normalized spacial score (nSPS) is 9.62. The predicted molar refractivity (Wildman–Crippen MR) is 102 cm³/mol. The van der Waals surface area contributed by atoms with Gasteiger partial charge in [0.15, 0.2) is 0 Å². The van der Waals surface area contributed by atoms with E-state index in [2.05, 4.69) is 0 Å². The van der Waals surface area contributed by atoms with Gasteiger partial charge in [0.1, 0.15) is 0 Å². The molecule has 0 aromatic heterocycles. The van der Waals surface area contributed by atoms with Gasteiger partial charge >= 0.3 is 34.1 Å². The zero-order chi connectivity index (χ0) is 18.9. The maximum atomic E-state index is 11.1. The molecule has 0 bridgehead atoms. The predicted octanol–water partition coefficient (Wildman–Crippen LogP) is 8.05. The third-order valence-corrected chi connectivity index (χ3v) is 6.82. The average Bonchev–Trinajstić information content (AvgIpc) is 2.58. The molecule has 0 saturated carbocycles. The quantitative estimate of drug-likeness (QED) is 0.164. The van der Waals surface area contributed by atoms with E-state index in [9.17, 15) is 10.2 Å². The third kappa shape index (κ3) is 6.49. The van der Waals surface area contributed by atoms with Crippen molar-refractivity contribution in [3.05, 3.63) is 50.2 Å². The van der Waals surface area contributed by atoms with Crippen LogP contribution >= 0.6 is 116 Å². The van der Waals surface area contributed by atoms with E-state index in [1.54, 1.807) is 0 Å². The second kappa shape index (κ2) is 12.6. The van der Waals surface area contributed by atoms with E-state index >= 15 is 0 Å². The van der Waals surface area contributed by atoms with Gasteiger partial charge in [-0.2, -0.15) is 0 Å². The van der Waals surface area contributed by atoms with Gasteiger partial charge in [-0.25, -0.2) is 0 Å². The third-order valence-electron chi connectivity index (χ3n) is 2.34. The number of halogens is 10. The molecule has 0 spiro atoms. The van der Waals surface area contributed by atoms with Gasteiger partial charge in [0, 0.05) is 0 Å². The van der Waals surface area contributed by atoms with Gasteiger partial charge in [0.05, 0.1) is 50.2 Å². The standard InChI is InChI=1S/2C6HCl5O.2Cu/c2*7-1-2(8)4(10)6(12)5(11)3(1)9;;/h2*12H;;/q;;2*+1/p-2. The summed E-state index contributed by atoms with van der Waals surface area (Å²) >= 11 is 55.3. The van der Waals surface area contributed by atoms with E-state index in [0.29, 0.717) is 0 Å². The van der Waals surface area contributed by atoms with Gasteiger partial charge in [-0.3, -0.25) is 0 Å². The zero-order valence-corrected chi connectivity index (χ0v) is 20.6. The summed E-state index contributed by atoms with van der Waals surface area (Å²) in [5.41, 5.74) is 0. The smallest absolute Gasteiger partial charge is 0.870 e. The van der Waals surface area contributed by atoms with E-state index in [1.165, 1.54) is 0 Å². The Labute approximate surface area is 219 Å². The first-order valence-corrected chi connectivity index (χ1v) is 9.08. The van der Waals surface area contributed by atoms with E-state index in [4.69, 9.17) is 116 Å². The van der Waals surface area contributed by atoms with Crippen molar-refractivity contribution in [1.82, 2.24) is 0 Å². The molecular weight excluding hydrogens is 658 g/mol. The minimum absolute atomic E-state index is 0. The largest absolute Gasteiger partial charge is 1.00 e. The molecule has 0 aliphatic heterocycles. The van der Waals surface area contributed by atoms with Crippen molar-refractivity contribution in [2.45, 2.75) is 0 Å². The average molecular weight is 658 g/mol. The summed E-state index contributed by atoms with van der Waals surface area (Å²) in [6.45, 7) is 0. The first-order chi connectivity index (χ1) is 10.9. The van der Waals surface area contributed by atoms with Crippen molar-refractivity contribution in [2.75, 3.05) is 0 Å². The Hall–Kier alpha value is 1.98. The number of hydrogen-bond donors (Lipinski definition) is 0. The van der Waals surface area contributed by atoms with Crippen LogP contribution in [0.5, 0.6) is 11.5 Å². The molecule has 2 nitrogen and oxygen atoms in total. The SMILES string of the molecule is [Cu+].[Cu+].[O-]c1c(Cl)c(Cl)c(Cl)c(Cl)c1Cl.[O-]c1c(Cl)c(Cl)c(Cl)c(Cl)c1Cl. The van der Waals surface area contributed by atoms with Crippen LogP contribution in [-0.4, -0.2) is 0 Å². The molecule has 0 aliphatic rings. The Kier molecular flexibility index (Phi) is 14.7. The fourth-order valence-electron chi connectivity index (χ4n) is 1.17. The van der Waals surface area contributed by atoms with Gasteiger partial charge in [-0.05, 0) is 0 Å². The van der Waals surface area contributed by atoms with Crippen molar-refractivity contribution in [1.29, 1.82) is 0 Å². The second-order valence-electron chi connectivity index (χ2n) is 3.80. The molecule has 2 rings (SSSR count). The van der Waals surface area contributed by atoms with Crippen LogP contribution in [0.4, 0.5) is 0 Å². The number of benzene rings is 2. The summed E-state index contributed by atoms with van der Waals surface area (Å²) in [5, 5.41) is 21.0. The first-order valence-electron chi connectivity index (χ1n) is 5.30. The summed E-state index contributed by atoms with van der Waals surface area (Å²) < 4.78 is 0. The summed E-state index contributed by atoms with van der Waals surface area (Å²) in [6, 6.07) is 0. The van der Waals surface area contributed by atoms with E-state index in [0.717, 1.165) is 0 Å². The van der Waals surface area contributed by atoms with Crippen molar-refractivity contribution >= 4 is 116 Å². The number of hydrogen-bond acceptors (Lipinski definition) is 2. The Morgan fingerprint density at radius 2 is 0.423 bits per heavy atom. The molecule has 0 unspecified atom stereocenters. The van der Waals surface area contributed by atoms with Crippen LogP contribution in [0.1, 0.15) is 0 Å². The van der Waals surface area contributed by atoms with E-state index in [1.807, 2.05) is 0 Å². The topological polar surface area (TPSA) is 46.1 Å². The van der Waals surface area contributed by atoms with Crippen molar-refractivity contribution in [2.24, 2.45) is 0 Å². The molecule has 2 aromatic rings. The summed E-state index contributed by atoms with van der Waals surface area (Å²) in [6.07, 6.45) is 0. The van der Waals surface area contributed by atoms with Gasteiger partial charge in [-0.15, -0.1) is 0 Å². The molecule has 0 aliphatic carbocycles. The fraction of sp³-hybridized carbons (Fsp3) is 0. The second-order valence-corrected chi connectivity index (χ2v) is 7.58. The summed E-state index contributed by atoms with van der Waals surface area (Å²) in [5.74, 6) is -1.23. The van der Waals surface area contributed by atoms with Crippen LogP contribution < -0.4 is 10.2 Å². The fourth-order valence-corrected chi connectivity index (χ4v) is 3.41. The van der Waals surface area contributed by atoms with Crippen LogP contribution in [0.25, 0.3) is 0 Å². The minimum Gasteiger partial charge on any atom is -0.870 e. The molecule has 0 heterocycles. The van der Waals surface area contributed by atoms with Gasteiger partial charge in [0.2, 0.25) is 0 Å². The Bertz CT molecular complexity index is 538. The van der Waals surface area contributed by atoms with Gasteiger partial charge in [0.25, 0.3) is 0 Å². The first kappa shape index (κ1) is 30.2. The summed E-state index contributed by atoms with van der Waals surface area (Å²) in [4.78, 5) is 0. The van der Waals surface area contributed by atoms with Crippen LogP contribution in [-0.2, 0) is 34.1 Å². The molecule has 0 atom stereocenters. The van der Waals surface area contributed by atoms with Crippen molar-refractivity contribution in [3.8, 4) is 11.5 Å². The summed E-state index contributed by atoms with van der Waals surface area (Å²) in [7, 11) is 0. The van der Waals surface area contributed by atoms with Crippen LogP contribution in [0, 0.1) is 0 Å². The van der Waals surface area contributed by atoms with Crippen molar-refractivity contribution < 1.29 is 44.4 Å². The van der Waals surface area contributed by atoms with E-state index in [-0.39, 0.29) is 84.4 Å². The van der Waals surface area contributed by atoms with Gasteiger partial charge in [-0.1, -0.05) is 128 Å². The van der Waals surface area contributed by atoms with Gasteiger partial charge < -0.3 is 10.2 Å². The van der Waals surface area contributed by atoms with E-state index < -0.39 is 11.5 Å². The Morgan fingerprint density at radius 3 is 0.577 bits per heavy atom.